The second kappa shape index (κ2) is 8.81. The fourth-order valence-corrected chi connectivity index (χ4v) is 3.84. The topological polar surface area (TPSA) is 99.2 Å². The minimum absolute atomic E-state index is 0.159. The summed E-state index contributed by atoms with van der Waals surface area (Å²) in [6.07, 6.45) is 7.82. The van der Waals surface area contributed by atoms with Gasteiger partial charge in [0.15, 0.2) is 16.9 Å². The number of quaternary nitrogens is 1. The van der Waals surface area contributed by atoms with Gasteiger partial charge in [0.05, 0.1) is 11.8 Å². The van der Waals surface area contributed by atoms with Crippen molar-refractivity contribution >= 4 is 17.5 Å². The lowest BCUT2D eigenvalue weighted by molar-refractivity contribution is -0.309. The third-order valence-electron chi connectivity index (χ3n) is 4.23. The van der Waals surface area contributed by atoms with E-state index in [-0.39, 0.29) is 11.5 Å². The highest BCUT2D eigenvalue weighted by atomic mass is 32.2. The average Bonchev–Trinajstić information content (AvgIpc) is 2.97. The molecule has 0 amide bonds. The predicted molar refractivity (Wildman–Crippen MR) is 92.9 cm³/mol. The Bertz CT molecular complexity index is 654. The Kier molecular flexibility index (Phi) is 6.76. The van der Waals surface area contributed by atoms with Crippen molar-refractivity contribution in [3.05, 3.63) is 30.8 Å². The maximum absolute atomic E-state index is 12.1. The van der Waals surface area contributed by atoms with E-state index in [0.29, 0.717) is 23.3 Å². The highest BCUT2D eigenvalue weighted by molar-refractivity contribution is 7.99. The molecule has 24 heavy (non-hydrogen) atoms. The van der Waals surface area contributed by atoms with E-state index in [1.165, 1.54) is 31.0 Å². The first-order valence-corrected chi connectivity index (χ1v) is 9.17. The smallest absolute Gasteiger partial charge is 0.191 e. The molecule has 1 aromatic heterocycles. The Morgan fingerprint density at radius 3 is 2.75 bits per heavy atom. The van der Waals surface area contributed by atoms with Gasteiger partial charge in [0.1, 0.15) is 11.5 Å². The van der Waals surface area contributed by atoms with Crippen LogP contribution < -0.4 is 5.73 Å². The summed E-state index contributed by atoms with van der Waals surface area (Å²) in [4.78, 5) is 12.1. The molecule has 0 spiro atoms. The van der Waals surface area contributed by atoms with Crippen LogP contribution in [-0.4, -0.2) is 26.3 Å². The molecule has 1 aliphatic rings. The molecule has 1 fully saturated rings. The molecule has 7 heteroatoms. The van der Waals surface area contributed by atoms with E-state index in [2.05, 4.69) is 29.1 Å². The fraction of sp³-hybridized carbons (Fsp3) is 0.529. The van der Waals surface area contributed by atoms with Crippen molar-refractivity contribution in [3.8, 4) is 6.07 Å². The van der Waals surface area contributed by atoms with Gasteiger partial charge in [-0.05, 0) is 19.4 Å². The van der Waals surface area contributed by atoms with Crippen LogP contribution in [-0.2, 0) is 11.3 Å². The van der Waals surface area contributed by atoms with Gasteiger partial charge in [0, 0.05) is 12.5 Å². The lowest BCUT2D eigenvalue weighted by Crippen LogP contribution is -2.51. The van der Waals surface area contributed by atoms with E-state index in [1.807, 2.05) is 16.7 Å². The fourth-order valence-electron chi connectivity index (χ4n) is 2.98. The van der Waals surface area contributed by atoms with Gasteiger partial charge in [-0.15, -0.1) is 16.8 Å². The van der Waals surface area contributed by atoms with Crippen molar-refractivity contribution in [1.29, 1.82) is 5.26 Å². The minimum atomic E-state index is -0.855. The number of carbonyl (C=O) groups is 1. The van der Waals surface area contributed by atoms with Crippen molar-refractivity contribution in [2.45, 2.75) is 49.7 Å². The number of hydrogen-bond acceptors (Lipinski definition) is 5. The van der Waals surface area contributed by atoms with Crippen LogP contribution in [0.4, 0.5) is 0 Å². The molecule has 0 aromatic carbocycles. The molecule has 1 saturated carbocycles. The zero-order valence-electron chi connectivity index (χ0n) is 13.9. The third-order valence-corrected chi connectivity index (χ3v) is 5.22. The molecule has 1 atom stereocenters. The second-order valence-corrected chi connectivity index (χ2v) is 6.99. The average molecular weight is 346 g/mol. The van der Waals surface area contributed by atoms with Crippen molar-refractivity contribution in [1.82, 2.24) is 14.8 Å². The number of aromatic nitrogens is 3. The molecule has 1 aromatic rings. The Morgan fingerprint density at radius 1 is 1.46 bits per heavy atom. The number of nitriles is 1. The van der Waals surface area contributed by atoms with Crippen LogP contribution in [0.25, 0.3) is 0 Å². The largest absolute Gasteiger partial charge is 0.328 e. The molecule has 128 valence electrons. The number of hydrogen-bond donors (Lipinski definition) is 1. The first kappa shape index (κ1) is 18.4. The van der Waals surface area contributed by atoms with Gasteiger partial charge in [-0.2, -0.15) is 5.26 Å². The molecule has 3 N–H and O–H groups in total. The summed E-state index contributed by atoms with van der Waals surface area (Å²) in [7, 11) is 0. The molecular formula is C17H24N5OS+. The van der Waals surface area contributed by atoms with Crippen molar-refractivity contribution in [2.75, 3.05) is 5.75 Å². The standard InChI is InChI=1S/C17H23N5OS/c1-3-9-22-16(13-7-5-4-6-8-13)20-21-17(22)24-11-15(23)14(10-18)12(2)19/h3,13-14H,1-2,4-9,11,19H2/p+1/t14-/m0/s1. The summed E-state index contributed by atoms with van der Waals surface area (Å²) >= 11 is 1.31. The summed E-state index contributed by atoms with van der Waals surface area (Å²) in [5.41, 5.74) is 3.94. The van der Waals surface area contributed by atoms with Gasteiger partial charge >= 0.3 is 0 Å². The van der Waals surface area contributed by atoms with Crippen molar-refractivity contribution in [3.63, 3.8) is 0 Å². The number of rotatable bonds is 8. The zero-order chi connectivity index (χ0) is 17.5. The molecule has 0 unspecified atom stereocenters. The summed E-state index contributed by atoms with van der Waals surface area (Å²) in [5, 5.41) is 18.4. The van der Waals surface area contributed by atoms with Crippen LogP contribution in [0.1, 0.15) is 43.8 Å². The van der Waals surface area contributed by atoms with Gasteiger partial charge in [-0.25, -0.2) is 0 Å². The van der Waals surface area contributed by atoms with Gasteiger partial charge in [0.2, 0.25) is 0 Å². The minimum Gasteiger partial charge on any atom is -0.328 e. The van der Waals surface area contributed by atoms with E-state index < -0.39 is 5.92 Å². The van der Waals surface area contributed by atoms with E-state index >= 15 is 0 Å². The highest BCUT2D eigenvalue weighted by Gasteiger charge is 2.25. The van der Waals surface area contributed by atoms with E-state index in [1.54, 1.807) is 0 Å². The Hall–Kier alpha value is -1.91. The van der Waals surface area contributed by atoms with E-state index in [0.717, 1.165) is 18.7 Å². The quantitative estimate of drug-likeness (QED) is 0.574. The molecule has 6 nitrogen and oxygen atoms in total. The van der Waals surface area contributed by atoms with Crippen LogP contribution in [0.3, 0.4) is 0 Å². The maximum atomic E-state index is 12.1. The van der Waals surface area contributed by atoms with Crippen molar-refractivity contribution in [2.24, 2.45) is 5.92 Å². The lowest BCUT2D eigenvalue weighted by Gasteiger charge is -2.21. The van der Waals surface area contributed by atoms with E-state index in [4.69, 9.17) is 5.26 Å². The molecule has 2 rings (SSSR count). The van der Waals surface area contributed by atoms with E-state index in [9.17, 15) is 4.79 Å². The molecule has 0 bridgehead atoms. The second-order valence-electron chi connectivity index (χ2n) is 6.05. The lowest BCUT2D eigenvalue weighted by atomic mass is 9.89. The molecule has 0 aliphatic heterocycles. The summed E-state index contributed by atoms with van der Waals surface area (Å²) in [6, 6.07) is 1.95. The summed E-state index contributed by atoms with van der Waals surface area (Å²) in [5.74, 6) is 0.527. The molecule has 0 saturated heterocycles. The number of thioether (sulfide) groups is 1. The highest BCUT2D eigenvalue weighted by Crippen LogP contribution is 2.33. The predicted octanol–water partition coefficient (Wildman–Crippen LogP) is 2.07. The van der Waals surface area contributed by atoms with Crippen LogP contribution in [0.5, 0.6) is 0 Å². The maximum Gasteiger partial charge on any atom is 0.191 e. The normalized spacial score (nSPS) is 16.3. The van der Waals surface area contributed by atoms with Crippen LogP contribution in [0.2, 0.25) is 0 Å². The number of carbonyl (C=O) groups excluding carboxylic acids is 1. The molecule has 1 heterocycles. The molecule has 1 aliphatic carbocycles. The first-order valence-electron chi connectivity index (χ1n) is 8.18. The zero-order valence-corrected chi connectivity index (χ0v) is 14.7. The number of nitrogens with zero attached hydrogens (tertiary/aromatic N) is 4. The Labute approximate surface area is 146 Å². The Balaban J connectivity index is 2.11. The van der Waals surface area contributed by atoms with Crippen LogP contribution in [0, 0.1) is 17.2 Å². The van der Waals surface area contributed by atoms with Gasteiger partial charge in [-0.3, -0.25) is 4.79 Å². The van der Waals surface area contributed by atoms with Crippen LogP contribution in [0.15, 0.2) is 30.1 Å². The van der Waals surface area contributed by atoms with Crippen LogP contribution >= 0.6 is 11.8 Å². The SMILES string of the molecule is C=CCn1c(SCC(=O)[C@@H](C#N)C(=C)[NH3+])nnc1C1CCCCC1. The molecule has 0 radical (unpaired) electrons. The summed E-state index contributed by atoms with van der Waals surface area (Å²) < 4.78 is 2.04. The monoisotopic (exact) mass is 346 g/mol. The van der Waals surface area contributed by atoms with Gasteiger partial charge in [0.25, 0.3) is 0 Å². The van der Waals surface area contributed by atoms with Crippen molar-refractivity contribution < 1.29 is 10.5 Å². The Morgan fingerprint density at radius 2 is 2.17 bits per heavy atom. The number of Topliss-reactive ketones (excluding diaryl/α,β-unsaturated/α-hetero) is 1. The first-order chi connectivity index (χ1) is 11.6. The number of ketones is 1. The number of allylic oxidation sites excluding steroid dienone is 2. The summed E-state index contributed by atoms with van der Waals surface area (Å²) in [6.45, 7) is 8.04. The molecular weight excluding hydrogens is 322 g/mol. The van der Waals surface area contributed by atoms with Gasteiger partial charge in [-0.1, -0.05) is 37.1 Å². The van der Waals surface area contributed by atoms with Gasteiger partial charge < -0.3 is 10.3 Å². The third kappa shape index (κ3) is 4.34.